The highest BCUT2D eigenvalue weighted by atomic mass is 35.5. The lowest BCUT2D eigenvalue weighted by molar-refractivity contribution is 0.226. The Hall–Kier alpha value is -2.37. The van der Waals surface area contributed by atoms with Gasteiger partial charge in [-0.2, -0.15) is 4.98 Å². The molecule has 1 aromatic heterocycles. The van der Waals surface area contributed by atoms with Crippen molar-refractivity contribution in [2.45, 2.75) is 12.5 Å². The summed E-state index contributed by atoms with van der Waals surface area (Å²) in [5.41, 5.74) is 1.11. The number of fused-ring (bicyclic) bond motifs is 1. The Morgan fingerprint density at radius 1 is 1.21 bits per heavy atom. The summed E-state index contributed by atoms with van der Waals surface area (Å²) in [6.45, 7) is 0.837. The number of aliphatic hydroxyl groups excluding tert-OH is 1. The maximum Gasteiger partial charge on any atom is 0.354 e. The van der Waals surface area contributed by atoms with Gasteiger partial charge >= 0.3 is 5.69 Å². The summed E-state index contributed by atoms with van der Waals surface area (Å²) >= 11 is 6.18. The molecule has 3 aromatic rings. The predicted molar refractivity (Wildman–Crippen MR) is 95.2 cm³/mol. The molecule has 6 heteroatoms. The lowest BCUT2D eigenvalue weighted by Crippen LogP contribution is -2.51. The Morgan fingerprint density at radius 3 is 2.67 bits per heavy atom. The average Bonchev–Trinajstić information content (AvgIpc) is 2.55. The maximum atomic E-state index is 12.7. The molecule has 0 spiro atoms. The van der Waals surface area contributed by atoms with Crippen molar-refractivity contribution in [3.63, 3.8) is 0 Å². The normalized spacial score (nSPS) is 17.1. The first-order valence-electron chi connectivity index (χ1n) is 7.84. The third-order valence-corrected chi connectivity index (χ3v) is 4.71. The number of aliphatic hydroxyl groups is 1. The minimum Gasteiger partial charge on any atom is -0.394 e. The van der Waals surface area contributed by atoms with Gasteiger partial charge in [0.2, 0.25) is 0 Å². The van der Waals surface area contributed by atoms with Crippen molar-refractivity contribution < 1.29 is 5.11 Å². The van der Waals surface area contributed by atoms with Crippen molar-refractivity contribution in [3.8, 4) is 5.69 Å². The molecule has 1 aliphatic heterocycles. The SMILES string of the molecule is O=c1nc(N2CC[C@@H]2CO)c2ccc(Cl)cc2n1-c1ccccc1. The van der Waals surface area contributed by atoms with Gasteiger partial charge in [0.25, 0.3) is 0 Å². The van der Waals surface area contributed by atoms with E-state index in [-0.39, 0.29) is 18.3 Å². The quantitative estimate of drug-likeness (QED) is 0.795. The lowest BCUT2D eigenvalue weighted by atomic mass is 10.0. The molecule has 0 aliphatic carbocycles. The second-order valence-electron chi connectivity index (χ2n) is 5.87. The molecule has 0 bridgehead atoms. The standard InChI is InChI=1S/C18H16ClN3O2/c19-12-6-7-15-16(10-12)22(13-4-2-1-3-5-13)18(24)20-17(15)21-9-8-14(21)11-23/h1-7,10,14,23H,8-9,11H2/t14-/m1/s1. The number of anilines is 1. The summed E-state index contributed by atoms with van der Waals surface area (Å²) < 4.78 is 1.57. The van der Waals surface area contributed by atoms with E-state index in [0.29, 0.717) is 16.4 Å². The number of hydrogen-bond donors (Lipinski definition) is 1. The fraction of sp³-hybridized carbons (Fsp3) is 0.222. The van der Waals surface area contributed by atoms with Gasteiger partial charge in [0.1, 0.15) is 5.82 Å². The van der Waals surface area contributed by atoms with Gasteiger partial charge < -0.3 is 10.0 Å². The second kappa shape index (κ2) is 5.92. The number of nitrogens with zero attached hydrogens (tertiary/aromatic N) is 3. The van der Waals surface area contributed by atoms with Crippen LogP contribution in [0.15, 0.2) is 53.3 Å². The van der Waals surface area contributed by atoms with Gasteiger partial charge in [0, 0.05) is 17.0 Å². The van der Waals surface area contributed by atoms with Gasteiger partial charge in [0.15, 0.2) is 0 Å². The van der Waals surface area contributed by atoms with Gasteiger partial charge in [-0.3, -0.25) is 4.57 Å². The van der Waals surface area contributed by atoms with Crippen LogP contribution in [-0.2, 0) is 0 Å². The number of halogens is 1. The highest BCUT2D eigenvalue weighted by molar-refractivity contribution is 6.31. The first-order valence-corrected chi connectivity index (χ1v) is 8.22. The molecule has 122 valence electrons. The summed E-state index contributed by atoms with van der Waals surface area (Å²) in [5.74, 6) is 0.615. The Kier molecular flexibility index (Phi) is 3.75. The minimum atomic E-state index is -0.352. The van der Waals surface area contributed by atoms with E-state index in [0.717, 1.165) is 24.0 Å². The van der Waals surface area contributed by atoms with Crippen LogP contribution < -0.4 is 10.6 Å². The van der Waals surface area contributed by atoms with Crippen molar-refractivity contribution in [1.82, 2.24) is 9.55 Å². The molecular formula is C18H16ClN3O2. The molecule has 0 amide bonds. The molecular weight excluding hydrogens is 326 g/mol. The van der Waals surface area contributed by atoms with Crippen LogP contribution in [0.25, 0.3) is 16.6 Å². The summed E-state index contributed by atoms with van der Waals surface area (Å²) in [5, 5.41) is 10.9. The Balaban J connectivity index is 2.01. The molecule has 1 aliphatic rings. The van der Waals surface area contributed by atoms with E-state index in [9.17, 15) is 9.90 Å². The van der Waals surface area contributed by atoms with Gasteiger partial charge in [-0.15, -0.1) is 0 Å². The Labute approximate surface area is 143 Å². The van der Waals surface area contributed by atoms with Gasteiger partial charge in [0.05, 0.1) is 23.9 Å². The monoisotopic (exact) mass is 341 g/mol. The summed E-state index contributed by atoms with van der Waals surface area (Å²) in [4.78, 5) is 19.0. The first kappa shape index (κ1) is 15.2. The van der Waals surface area contributed by atoms with Crippen LogP contribution in [0.3, 0.4) is 0 Å². The molecule has 0 unspecified atom stereocenters. The van der Waals surface area contributed by atoms with Crippen molar-refractivity contribution in [2.75, 3.05) is 18.1 Å². The van der Waals surface area contributed by atoms with E-state index in [1.807, 2.05) is 41.3 Å². The van der Waals surface area contributed by atoms with E-state index in [1.165, 1.54) is 0 Å². The third kappa shape index (κ3) is 2.37. The number of benzene rings is 2. The Bertz CT molecular complexity index is 954. The van der Waals surface area contributed by atoms with E-state index < -0.39 is 0 Å². The van der Waals surface area contributed by atoms with E-state index in [4.69, 9.17) is 11.6 Å². The largest absolute Gasteiger partial charge is 0.394 e. The number of hydrogen-bond acceptors (Lipinski definition) is 4. The zero-order chi connectivity index (χ0) is 16.7. The zero-order valence-corrected chi connectivity index (χ0v) is 13.6. The molecule has 0 saturated carbocycles. The predicted octanol–water partition coefficient (Wildman–Crippen LogP) is 2.61. The number of para-hydroxylation sites is 1. The third-order valence-electron chi connectivity index (χ3n) is 4.48. The summed E-state index contributed by atoms with van der Waals surface area (Å²) in [6.07, 6.45) is 0.898. The summed E-state index contributed by atoms with van der Waals surface area (Å²) in [6, 6.07) is 14.9. The van der Waals surface area contributed by atoms with Gasteiger partial charge in [-0.1, -0.05) is 29.8 Å². The van der Waals surface area contributed by atoms with Crippen LogP contribution in [0.2, 0.25) is 5.02 Å². The highest BCUT2D eigenvalue weighted by Gasteiger charge is 2.30. The molecule has 1 atom stereocenters. The Morgan fingerprint density at radius 2 is 2.00 bits per heavy atom. The molecule has 1 saturated heterocycles. The fourth-order valence-corrected chi connectivity index (χ4v) is 3.30. The summed E-state index contributed by atoms with van der Waals surface area (Å²) in [7, 11) is 0. The van der Waals surface area contributed by atoms with Crippen LogP contribution >= 0.6 is 11.6 Å². The molecule has 5 nitrogen and oxygen atoms in total. The van der Waals surface area contributed by atoms with Gasteiger partial charge in [-0.25, -0.2) is 4.79 Å². The van der Waals surface area contributed by atoms with Gasteiger partial charge in [-0.05, 0) is 36.8 Å². The average molecular weight is 342 g/mol. The molecule has 0 radical (unpaired) electrons. The first-order chi connectivity index (χ1) is 11.7. The van der Waals surface area contributed by atoms with Crippen LogP contribution in [0.4, 0.5) is 5.82 Å². The molecule has 2 aromatic carbocycles. The van der Waals surface area contributed by atoms with Crippen molar-refractivity contribution in [2.24, 2.45) is 0 Å². The van der Waals surface area contributed by atoms with Crippen molar-refractivity contribution >= 4 is 28.3 Å². The topological polar surface area (TPSA) is 58.4 Å². The fourth-order valence-electron chi connectivity index (χ4n) is 3.14. The molecule has 24 heavy (non-hydrogen) atoms. The van der Waals surface area contributed by atoms with Crippen LogP contribution in [0.1, 0.15) is 6.42 Å². The molecule has 4 rings (SSSR count). The molecule has 1 N–H and O–H groups in total. The van der Waals surface area contributed by atoms with Crippen LogP contribution in [0, 0.1) is 0 Å². The highest BCUT2D eigenvalue weighted by Crippen LogP contribution is 2.32. The van der Waals surface area contributed by atoms with E-state index in [2.05, 4.69) is 4.98 Å². The number of rotatable bonds is 3. The molecule has 1 fully saturated rings. The van der Waals surface area contributed by atoms with E-state index >= 15 is 0 Å². The zero-order valence-electron chi connectivity index (χ0n) is 12.9. The van der Waals surface area contributed by atoms with Crippen molar-refractivity contribution in [1.29, 1.82) is 0 Å². The molecule has 2 heterocycles. The smallest absolute Gasteiger partial charge is 0.354 e. The van der Waals surface area contributed by atoms with E-state index in [1.54, 1.807) is 16.7 Å². The number of aromatic nitrogens is 2. The van der Waals surface area contributed by atoms with Crippen LogP contribution in [-0.4, -0.2) is 33.9 Å². The maximum absolute atomic E-state index is 12.7. The lowest BCUT2D eigenvalue weighted by Gasteiger charge is -2.41. The second-order valence-corrected chi connectivity index (χ2v) is 6.31. The van der Waals surface area contributed by atoms with Crippen molar-refractivity contribution in [3.05, 3.63) is 64.0 Å². The minimum absolute atomic E-state index is 0.0170. The van der Waals surface area contributed by atoms with Crippen LogP contribution in [0.5, 0.6) is 0 Å².